The fourth-order valence-electron chi connectivity index (χ4n) is 18.3. The number of fused-ring (bicyclic) bond motifs is 27. The van der Waals surface area contributed by atoms with Crippen LogP contribution in [0.4, 0.5) is 0 Å². The first-order valence-electron chi connectivity index (χ1n) is 33.9. The Kier molecular flexibility index (Phi) is 10.5. The normalized spacial score (nSPS) is 13.3. The summed E-state index contributed by atoms with van der Waals surface area (Å²) in [5, 5.41) is 36.7. The molecule has 5 heterocycles. The lowest BCUT2D eigenvalue weighted by atomic mass is 9.78. The summed E-state index contributed by atoms with van der Waals surface area (Å²) >= 11 is 3.87. The number of furan rings is 2. The van der Waals surface area contributed by atoms with Crippen LogP contribution >= 0.6 is 22.7 Å². The van der Waals surface area contributed by atoms with Crippen molar-refractivity contribution in [2.75, 3.05) is 0 Å². The Morgan fingerprint density at radius 1 is 0.286 bits per heavy atom. The van der Waals surface area contributed by atoms with Crippen molar-refractivity contribution in [2.24, 2.45) is 0 Å². The fourth-order valence-corrected chi connectivity index (χ4v) is 20.8. The summed E-state index contributed by atoms with van der Waals surface area (Å²) < 4.78 is 20.9. The summed E-state index contributed by atoms with van der Waals surface area (Å²) in [6.07, 6.45) is 0. The highest BCUT2D eigenvalue weighted by Crippen LogP contribution is 2.57. The Labute approximate surface area is 567 Å². The predicted octanol–water partition coefficient (Wildman–Crippen LogP) is 27.7. The zero-order valence-electron chi connectivity index (χ0n) is 53.2. The molecule has 24 aromatic rings. The van der Waals surface area contributed by atoms with Gasteiger partial charge >= 0.3 is 0 Å². The van der Waals surface area contributed by atoms with Gasteiger partial charge in [0, 0.05) is 121 Å². The van der Waals surface area contributed by atoms with E-state index in [2.05, 4.69) is 285 Å². The molecule has 0 fully saturated rings. The third kappa shape index (κ3) is 6.86. The van der Waals surface area contributed by atoms with Crippen LogP contribution in [-0.2, 0) is 5.41 Å². The van der Waals surface area contributed by atoms with E-state index in [1.165, 1.54) is 187 Å². The van der Waals surface area contributed by atoms with Gasteiger partial charge in [-0.25, -0.2) is 0 Å². The minimum absolute atomic E-state index is 0.0561. The molecule has 3 nitrogen and oxygen atoms in total. The predicted molar refractivity (Wildman–Crippen MR) is 423 cm³/mol. The van der Waals surface area contributed by atoms with Crippen LogP contribution in [0.3, 0.4) is 0 Å². The van der Waals surface area contributed by atoms with E-state index in [4.69, 9.17) is 8.83 Å². The van der Waals surface area contributed by atoms with Crippen LogP contribution in [0.1, 0.15) is 25.0 Å². The molecule has 0 N–H and O–H groups in total. The summed E-state index contributed by atoms with van der Waals surface area (Å²) in [7, 11) is 0. The van der Waals surface area contributed by atoms with E-state index < -0.39 is 0 Å². The zero-order valence-corrected chi connectivity index (χ0v) is 54.8. The maximum absolute atomic E-state index is 6.48. The van der Waals surface area contributed by atoms with Gasteiger partial charge in [0.05, 0.1) is 11.0 Å². The van der Waals surface area contributed by atoms with Crippen LogP contribution in [0.25, 0.3) is 220 Å². The van der Waals surface area contributed by atoms with E-state index in [-0.39, 0.29) is 5.41 Å². The molecule has 19 aromatic carbocycles. The maximum atomic E-state index is 6.48. The summed E-state index contributed by atoms with van der Waals surface area (Å²) in [6.45, 7) is 4.79. The quantitative estimate of drug-likeness (QED) is 0.153. The van der Waals surface area contributed by atoms with Gasteiger partial charge in [0.25, 0.3) is 0 Å². The van der Waals surface area contributed by atoms with Gasteiger partial charge in [0.15, 0.2) is 0 Å². The second-order valence-electron chi connectivity index (χ2n) is 27.5. The number of benzene rings is 19. The summed E-state index contributed by atoms with van der Waals surface area (Å²) in [5.74, 6) is 0. The molecule has 0 saturated carbocycles. The number of hydrogen-bond donors (Lipinski definition) is 0. The number of hydrogen-bond acceptors (Lipinski definition) is 4. The van der Waals surface area contributed by atoms with E-state index in [1.807, 2.05) is 40.9 Å². The molecule has 98 heavy (non-hydrogen) atoms. The first-order valence-corrected chi connectivity index (χ1v) is 35.5. The van der Waals surface area contributed by atoms with Crippen LogP contribution in [-0.4, -0.2) is 4.57 Å². The van der Waals surface area contributed by atoms with Gasteiger partial charge in [-0.15, -0.1) is 22.7 Å². The highest BCUT2D eigenvalue weighted by molar-refractivity contribution is 7.28. The molecule has 454 valence electrons. The van der Waals surface area contributed by atoms with Gasteiger partial charge in [-0.2, -0.15) is 0 Å². The molecule has 25 rings (SSSR count). The molecule has 0 radical (unpaired) electrons. The Morgan fingerprint density at radius 2 is 0.816 bits per heavy atom. The van der Waals surface area contributed by atoms with Crippen molar-refractivity contribution in [3.05, 3.63) is 296 Å². The second-order valence-corrected chi connectivity index (χ2v) is 29.6. The molecule has 0 bridgehead atoms. The number of aromatic nitrogens is 1. The minimum atomic E-state index is -0.0561. The summed E-state index contributed by atoms with van der Waals surface area (Å²) in [6, 6.07) is 104. The van der Waals surface area contributed by atoms with Crippen molar-refractivity contribution in [3.8, 4) is 16.8 Å². The van der Waals surface area contributed by atoms with E-state index in [9.17, 15) is 0 Å². The average molecular weight is 1280 g/mol. The molecule has 5 heteroatoms. The van der Waals surface area contributed by atoms with E-state index >= 15 is 0 Å². The van der Waals surface area contributed by atoms with Crippen LogP contribution in [0.5, 0.6) is 0 Å². The number of rotatable bonds is 1. The topological polar surface area (TPSA) is 31.2 Å². The van der Waals surface area contributed by atoms with Crippen molar-refractivity contribution in [1.82, 2.24) is 4.57 Å². The number of nitrogens with zero attached hydrogens (tertiary/aromatic N) is 1. The molecular formula is C93H53NO2S2. The lowest BCUT2D eigenvalue weighted by Crippen LogP contribution is -2.15. The molecule has 0 amide bonds. The molecule has 0 saturated heterocycles. The van der Waals surface area contributed by atoms with Crippen molar-refractivity contribution in [2.45, 2.75) is 19.3 Å². The van der Waals surface area contributed by atoms with Crippen molar-refractivity contribution < 1.29 is 8.83 Å². The largest absolute Gasteiger partial charge is 0.455 e. The molecule has 1 aliphatic rings. The average Bonchev–Trinajstić information content (AvgIpc) is 1.46. The smallest absolute Gasteiger partial charge is 0.143 e. The SMILES string of the molecule is CC1(C)c2ccccc2-c2cc3c4c(ccc5cccc(c54)c4c5ccccc5n(-c5ccccc5)c34)c21.c1ccc2c(c1)oc1c2cc2c3oc4ccccc4c3c3cccc4ccc1c2c43.c1ccc2c(c1)sc1c2cc2c3sc4ccccc4c3c3cccc4ccc1c2c43. The van der Waals surface area contributed by atoms with E-state index in [0.717, 1.165) is 43.9 Å². The molecule has 0 unspecified atom stereocenters. The van der Waals surface area contributed by atoms with E-state index in [1.54, 1.807) is 0 Å². The van der Waals surface area contributed by atoms with Crippen LogP contribution < -0.4 is 0 Å². The lowest BCUT2D eigenvalue weighted by Gasteiger charge is -2.25. The van der Waals surface area contributed by atoms with Crippen molar-refractivity contribution >= 4 is 226 Å². The third-order valence-electron chi connectivity index (χ3n) is 22.3. The van der Waals surface area contributed by atoms with Crippen LogP contribution in [0.2, 0.25) is 0 Å². The summed E-state index contributed by atoms with van der Waals surface area (Å²) in [5.41, 5.74) is 13.1. The monoisotopic (exact) mass is 1280 g/mol. The Morgan fingerprint density at radius 3 is 1.57 bits per heavy atom. The fraction of sp³-hybridized carbons (Fsp3) is 0.0323. The zero-order chi connectivity index (χ0) is 64.0. The number of thiophene rings is 2. The van der Waals surface area contributed by atoms with Gasteiger partial charge in [-0.3, -0.25) is 0 Å². The Hall–Kier alpha value is -11.9. The Bertz CT molecular complexity index is 7290. The van der Waals surface area contributed by atoms with Gasteiger partial charge in [-0.1, -0.05) is 232 Å². The standard InChI is InChI=1S/C37H25N.C28H14O2.C28H14S2/c1-37(2)30-17-8-6-14-24(30)28-21-29-33-27(35(28)37)20-19-22-11-10-16-26(32(22)33)34-25-15-7-9-18-31(25)38(36(29)34)23-12-4-3-5-13-23;2*1-3-10-22-16(7-1)20-14-21-25-19(27(20)29-22)13-12-15-6-5-9-18(24(15)25)26-17-8-2-4-11-23(17)30-28(21)26/h3-21H,1-2H3;2*1-14H. The van der Waals surface area contributed by atoms with Crippen LogP contribution in [0, 0.1) is 0 Å². The van der Waals surface area contributed by atoms with E-state index in [0.29, 0.717) is 0 Å². The number of para-hydroxylation sites is 4. The van der Waals surface area contributed by atoms with Gasteiger partial charge in [-0.05, 0) is 148 Å². The van der Waals surface area contributed by atoms with Gasteiger partial charge < -0.3 is 13.4 Å². The first-order chi connectivity index (χ1) is 48.4. The molecule has 1 aliphatic carbocycles. The minimum Gasteiger partial charge on any atom is -0.455 e. The third-order valence-corrected chi connectivity index (χ3v) is 24.7. The van der Waals surface area contributed by atoms with Gasteiger partial charge in [0.2, 0.25) is 0 Å². The molecule has 0 aliphatic heterocycles. The van der Waals surface area contributed by atoms with Crippen LogP contribution in [0.15, 0.2) is 294 Å². The second kappa shape index (κ2) is 19.2. The van der Waals surface area contributed by atoms with Crippen molar-refractivity contribution in [1.29, 1.82) is 0 Å². The first kappa shape index (κ1) is 53.4. The van der Waals surface area contributed by atoms with Crippen molar-refractivity contribution in [3.63, 3.8) is 0 Å². The maximum Gasteiger partial charge on any atom is 0.143 e. The Balaban J connectivity index is 0.0000000927. The molecule has 0 spiro atoms. The molecular weight excluding hydrogens is 1230 g/mol. The highest BCUT2D eigenvalue weighted by Gasteiger charge is 2.38. The highest BCUT2D eigenvalue weighted by atomic mass is 32.1. The lowest BCUT2D eigenvalue weighted by molar-refractivity contribution is 0.666. The molecule has 0 atom stereocenters. The summed E-state index contributed by atoms with van der Waals surface area (Å²) in [4.78, 5) is 0. The van der Waals surface area contributed by atoms with Gasteiger partial charge in [0.1, 0.15) is 22.3 Å². The molecule has 5 aromatic heterocycles.